The van der Waals surface area contributed by atoms with Crippen molar-refractivity contribution in [3.63, 3.8) is 0 Å². The van der Waals surface area contributed by atoms with Crippen LogP contribution in [0.5, 0.6) is 0 Å². The van der Waals surface area contributed by atoms with Crippen molar-refractivity contribution in [3.8, 4) is 11.3 Å². The topological polar surface area (TPSA) is 91.4 Å². The average molecular weight is 450 g/mol. The highest BCUT2D eigenvalue weighted by Crippen LogP contribution is 2.29. The second kappa shape index (κ2) is 9.21. The van der Waals surface area contributed by atoms with E-state index in [1.165, 1.54) is 0 Å². The molecule has 0 aromatic carbocycles. The summed E-state index contributed by atoms with van der Waals surface area (Å²) in [5.74, 6) is 0.723. The van der Waals surface area contributed by atoms with Crippen molar-refractivity contribution in [3.05, 3.63) is 42.2 Å². The van der Waals surface area contributed by atoms with E-state index < -0.39 is 0 Å². The summed E-state index contributed by atoms with van der Waals surface area (Å²) in [6.07, 6.45) is 3.63. The summed E-state index contributed by atoms with van der Waals surface area (Å²) in [6.45, 7) is 10.9. The quantitative estimate of drug-likeness (QED) is 0.599. The van der Waals surface area contributed by atoms with Crippen LogP contribution in [-0.4, -0.2) is 63.0 Å². The summed E-state index contributed by atoms with van der Waals surface area (Å²) in [7, 11) is 0. The summed E-state index contributed by atoms with van der Waals surface area (Å²) in [5.41, 5.74) is 3.31. The standard InChI is InChI=1S/C25H31N5O3/c1-15(2)33-24(32)10-19-9-20-21(12-27-25(20)26-11-19)22-7-6-8-23(28-22)29-13-16(3)30(18(5)31)17(4)14-29/h6-9,11-12,15-17H,10,13-14H2,1-5H3,(H,26,27)/t16-,17+. The van der Waals surface area contributed by atoms with E-state index in [2.05, 4.69) is 28.7 Å². The highest BCUT2D eigenvalue weighted by molar-refractivity contribution is 5.93. The van der Waals surface area contributed by atoms with E-state index >= 15 is 0 Å². The highest BCUT2D eigenvalue weighted by Gasteiger charge is 2.31. The van der Waals surface area contributed by atoms with Crippen molar-refractivity contribution in [2.45, 2.75) is 59.2 Å². The molecule has 4 rings (SSSR count). The van der Waals surface area contributed by atoms with E-state index in [4.69, 9.17) is 9.72 Å². The Labute approximate surface area is 194 Å². The molecule has 1 fully saturated rings. The lowest BCUT2D eigenvalue weighted by Gasteiger charge is -2.44. The van der Waals surface area contributed by atoms with Gasteiger partial charge in [0.25, 0.3) is 0 Å². The number of carbonyl (C=O) groups is 2. The highest BCUT2D eigenvalue weighted by atomic mass is 16.5. The molecule has 1 aliphatic rings. The minimum Gasteiger partial charge on any atom is -0.463 e. The second-order valence-corrected chi connectivity index (χ2v) is 9.07. The molecule has 0 aliphatic carbocycles. The number of nitrogens with one attached hydrogen (secondary N) is 1. The maximum atomic E-state index is 12.1. The molecule has 8 nitrogen and oxygen atoms in total. The number of H-pyrrole nitrogens is 1. The van der Waals surface area contributed by atoms with Crippen LogP contribution >= 0.6 is 0 Å². The fourth-order valence-corrected chi connectivity index (χ4v) is 4.71. The largest absolute Gasteiger partial charge is 0.463 e. The Kier molecular flexibility index (Phi) is 6.35. The number of rotatable bonds is 5. The number of nitrogens with zero attached hydrogens (tertiary/aromatic N) is 4. The van der Waals surface area contributed by atoms with Gasteiger partial charge in [-0.3, -0.25) is 9.59 Å². The number of esters is 1. The van der Waals surface area contributed by atoms with Crippen LogP contribution in [0, 0.1) is 0 Å². The SMILES string of the molecule is CC(=O)N1[C@H](C)CN(c2cccc(-c3c[nH]c4ncc(CC(=O)OC(C)C)cc34)n2)C[C@@H]1C. The summed E-state index contributed by atoms with van der Waals surface area (Å²) >= 11 is 0. The number of hydrogen-bond acceptors (Lipinski definition) is 6. The number of piperazine rings is 1. The van der Waals surface area contributed by atoms with Gasteiger partial charge in [-0.1, -0.05) is 6.07 Å². The van der Waals surface area contributed by atoms with Gasteiger partial charge >= 0.3 is 5.97 Å². The molecular weight excluding hydrogens is 418 g/mol. The number of ether oxygens (including phenoxy) is 1. The van der Waals surface area contributed by atoms with Crippen molar-refractivity contribution in [2.24, 2.45) is 0 Å². The van der Waals surface area contributed by atoms with E-state index in [9.17, 15) is 9.59 Å². The van der Waals surface area contributed by atoms with Gasteiger partial charge in [0.2, 0.25) is 5.91 Å². The number of aromatic amines is 1. The molecule has 1 saturated heterocycles. The molecular formula is C25H31N5O3. The average Bonchev–Trinajstić information content (AvgIpc) is 3.15. The molecule has 1 amide bonds. The van der Waals surface area contributed by atoms with Gasteiger partial charge < -0.3 is 19.5 Å². The Balaban J connectivity index is 1.61. The number of fused-ring (bicyclic) bond motifs is 1. The lowest BCUT2D eigenvalue weighted by Crippen LogP contribution is -2.58. The normalized spacial score (nSPS) is 18.7. The molecule has 0 spiro atoms. The van der Waals surface area contributed by atoms with Crippen molar-refractivity contribution in [1.29, 1.82) is 0 Å². The molecule has 0 radical (unpaired) electrons. The van der Waals surface area contributed by atoms with E-state index in [-0.39, 0.29) is 36.5 Å². The van der Waals surface area contributed by atoms with E-state index in [1.807, 2.05) is 49.2 Å². The Hall–Kier alpha value is -3.42. The van der Waals surface area contributed by atoms with E-state index in [1.54, 1.807) is 13.1 Å². The first-order valence-electron chi connectivity index (χ1n) is 11.4. The molecule has 3 aromatic rings. The van der Waals surface area contributed by atoms with Gasteiger partial charge in [-0.15, -0.1) is 0 Å². The zero-order valence-corrected chi connectivity index (χ0v) is 19.8. The number of hydrogen-bond donors (Lipinski definition) is 1. The van der Waals surface area contributed by atoms with Gasteiger partial charge in [0, 0.05) is 55.4 Å². The summed E-state index contributed by atoms with van der Waals surface area (Å²) in [4.78, 5) is 40.9. The molecule has 0 bridgehead atoms. The van der Waals surface area contributed by atoms with Gasteiger partial charge in [-0.25, -0.2) is 9.97 Å². The van der Waals surface area contributed by atoms with Crippen LogP contribution in [0.3, 0.4) is 0 Å². The second-order valence-electron chi connectivity index (χ2n) is 9.07. The molecule has 0 unspecified atom stereocenters. The van der Waals surface area contributed by atoms with Gasteiger partial charge in [-0.05, 0) is 51.5 Å². The molecule has 174 valence electrons. The van der Waals surface area contributed by atoms with Crippen LogP contribution in [0.1, 0.15) is 40.2 Å². The van der Waals surface area contributed by atoms with Crippen LogP contribution in [0.4, 0.5) is 5.82 Å². The van der Waals surface area contributed by atoms with Gasteiger partial charge in [-0.2, -0.15) is 0 Å². The smallest absolute Gasteiger partial charge is 0.310 e. The van der Waals surface area contributed by atoms with Crippen LogP contribution in [0.2, 0.25) is 0 Å². The molecule has 33 heavy (non-hydrogen) atoms. The maximum absolute atomic E-state index is 12.1. The zero-order valence-electron chi connectivity index (χ0n) is 19.8. The van der Waals surface area contributed by atoms with Crippen LogP contribution < -0.4 is 4.90 Å². The Morgan fingerprint density at radius 2 is 1.94 bits per heavy atom. The third-order valence-corrected chi connectivity index (χ3v) is 5.92. The Bertz CT molecular complexity index is 1160. The minimum absolute atomic E-state index is 0.107. The predicted octanol–water partition coefficient (Wildman–Crippen LogP) is 3.56. The third kappa shape index (κ3) is 4.84. The van der Waals surface area contributed by atoms with Crippen LogP contribution in [0.25, 0.3) is 22.3 Å². The molecule has 0 saturated carbocycles. The van der Waals surface area contributed by atoms with Crippen molar-refractivity contribution < 1.29 is 14.3 Å². The first-order chi connectivity index (χ1) is 15.7. The van der Waals surface area contributed by atoms with Gasteiger partial charge in [0.05, 0.1) is 18.2 Å². The van der Waals surface area contributed by atoms with Gasteiger partial charge in [0.1, 0.15) is 11.5 Å². The molecule has 8 heteroatoms. The zero-order chi connectivity index (χ0) is 23.7. The maximum Gasteiger partial charge on any atom is 0.310 e. The number of aromatic nitrogens is 3. The molecule has 3 aromatic heterocycles. The molecule has 1 N–H and O–H groups in total. The molecule has 2 atom stereocenters. The number of pyridine rings is 2. The van der Waals surface area contributed by atoms with Gasteiger partial charge in [0.15, 0.2) is 0 Å². The van der Waals surface area contributed by atoms with Crippen LogP contribution in [-0.2, 0) is 20.7 Å². The van der Waals surface area contributed by atoms with E-state index in [0.29, 0.717) is 0 Å². The van der Waals surface area contributed by atoms with Crippen molar-refractivity contribution >= 4 is 28.7 Å². The summed E-state index contributed by atoms with van der Waals surface area (Å²) < 4.78 is 5.27. The fraction of sp³-hybridized carbons (Fsp3) is 0.440. The number of carbonyl (C=O) groups excluding carboxylic acids is 2. The molecule has 1 aliphatic heterocycles. The first kappa shape index (κ1) is 22.8. The summed E-state index contributed by atoms with van der Waals surface area (Å²) in [6, 6.07) is 8.18. The Morgan fingerprint density at radius 1 is 1.21 bits per heavy atom. The minimum atomic E-state index is -0.267. The lowest BCUT2D eigenvalue weighted by atomic mass is 10.1. The summed E-state index contributed by atoms with van der Waals surface area (Å²) in [5, 5.41) is 0.914. The Morgan fingerprint density at radius 3 is 2.61 bits per heavy atom. The first-order valence-corrected chi connectivity index (χ1v) is 11.4. The van der Waals surface area contributed by atoms with Crippen molar-refractivity contribution in [1.82, 2.24) is 19.9 Å². The van der Waals surface area contributed by atoms with E-state index in [0.717, 1.165) is 46.8 Å². The van der Waals surface area contributed by atoms with Crippen LogP contribution in [0.15, 0.2) is 36.7 Å². The number of anilines is 1. The predicted molar refractivity (Wildman–Crippen MR) is 128 cm³/mol. The monoisotopic (exact) mass is 449 g/mol. The number of amides is 1. The van der Waals surface area contributed by atoms with Crippen molar-refractivity contribution in [2.75, 3.05) is 18.0 Å². The lowest BCUT2D eigenvalue weighted by molar-refractivity contribution is -0.146. The molecule has 4 heterocycles. The third-order valence-electron chi connectivity index (χ3n) is 5.92. The fourth-order valence-electron chi connectivity index (χ4n) is 4.71.